The molecule has 0 spiro atoms. The Morgan fingerprint density at radius 3 is 2.82 bits per heavy atom. The van der Waals surface area contributed by atoms with Gasteiger partial charge in [-0.1, -0.05) is 0 Å². The molecule has 0 radical (unpaired) electrons. The fraction of sp³-hybridized carbons (Fsp3) is 0.857. The quantitative estimate of drug-likeness (QED) is 0.621. The van der Waals surface area contributed by atoms with E-state index < -0.39 is 12.7 Å². The Bertz CT molecular complexity index is 147. The van der Waals surface area contributed by atoms with Crippen LogP contribution in [-0.2, 0) is 9.53 Å². The van der Waals surface area contributed by atoms with Crippen molar-refractivity contribution in [1.29, 1.82) is 0 Å². The Labute approximate surface area is 63.5 Å². The number of rotatable bonds is 2. The van der Waals surface area contributed by atoms with E-state index in [4.69, 9.17) is 0 Å². The minimum Gasteiger partial charge on any atom is -0.319 e. The summed E-state index contributed by atoms with van der Waals surface area (Å²) in [5.41, 5.74) is 0. The lowest BCUT2D eigenvalue weighted by atomic mass is 9.97. The molecule has 64 valence electrons. The number of Topliss-reactive ketones (excluding diaryl/α,β-unsaturated/α-hetero) is 1. The van der Waals surface area contributed by atoms with Gasteiger partial charge in [0.2, 0.25) is 0 Å². The first kappa shape index (κ1) is 8.59. The minimum absolute atomic E-state index is 0.0295. The van der Waals surface area contributed by atoms with Gasteiger partial charge in [0, 0.05) is 12.8 Å². The van der Waals surface area contributed by atoms with Crippen LogP contribution in [0.25, 0.3) is 0 Å². The van der Waals surface area contributed by atoms with Crippen LogP contribution in [0.15, 0.2) is 0 Å². The third-order valence-electron chi connectivity index (χ3n) is 1.73. The molecule has 0 aliphatic heterocycles. The topological polar surface area (TPSA) is 26.3 Å². The second-order valence-corrected chi connectivity index (χ2v) is 2.65. The first-order chi connectivity index (χ1) is 5.18. The van der Waals surface area contributed by atoms with E-state index in [1.807, 2.05) is 0 Å². The van der Waals surface area contributed by atoms with Gasteiger partial charge in [0.15, 0.2) is 0 Å². The summed E-state index contributed by atoms with van der Waals surface area (Å²) in [5, 5.41) is 0. The number of ether oxygens (including phenoxy) is 1. The van der Waals surface area contributed by atoms with Gasteiger partial charge in [-0.05, 0) is 12.8 Å². The normalized spacial score (nSPS) is 26.1. The highest BCUT2D eigenvalue weighted by atomic mass is 19.3. The number of hydrogen-bond acceptors (Lipinski definition) is 2. The van der Waals surface area contributed by atoms with E-state index in [2.05, 4.69) is 4.74 Å². The first-order valence-electron chi connectivity index (χ1n) is 3.64. The van der Waals surface area contributed by atoms with Crippen molar-refractivity contribution in [2.45, 2.75) is 38.4 Å². The molecule has 0 aromatic rings. The molecule has 0 aromatic carbocycles. The molecular formula is C7H10F2O2. The van der Waals surface area contributed by atoms with E-state index in [0.717, 1.165) is 0 Å². The van der Waals surface area contributed by atoms with Crippen molar-refractivity contribution < 1.29 is 18.3 Å². The molecule has 1 saturated carbocycles. The highest BCUT2D eigenvalue weighted by molar-refractivity contribution is 5.79. The molecular weight excluding hydrogens is 154 g/mol. The number of alkyl halides is 2. The van der Waals surface area contributed by atoms with Gasteiger partial charge in [0.1, 0.15) is 5.78 Å². The zero-order valence-corrected chi connectivity index (χ0v) is 6.06. The molecule has 0 heterocycles. The maximum Gasteiger partial charge on any atom is 0.345 e. The summed E-state index contributed by atoms with van der Waals surface area (Å²) in [7, 11) is 0. The van der Waals surface area contributed by atoms with Crippen LogP contribution in [0.2, 0.25) is 0 Å². The Hall–Kier alpha value is -0.510. The zero-order chi connectivity index (χ0) is 8.27. The van der Waals surface area contributed by atoms with Crippen molar-refractivity contribution in [3.63, 3.8) is 0 Å². The average molecular weight is 164 g/mol. The summed E-state index contributed by atoms with van der Waals surface area (Å²) < 4.78 is 27.4. The largest absolute Gasteiger partial charge is 0.345 e. The summed E-state index contributed by atoms with van der Waals surface area (Å²) >= 11 is 0. The Balaban J connectivity index is 2.28. The molecule has 1 rings (SSSR count). The van der Waals surface area contributed by atoms with Crippen molar-refractivity contribution in [3.05, 3.63) is 0 Å². The van der Waals surface area contributed by atoms with Crippen molar-refractivity contribution in [2.24, 2.45) is 0 Å². The summed E-state index contributed by atoms with van der Waals surface area (Å²) in [6.45, 7) is -2.74. The Kier molecular flexibility index (Phi) is 2.93. The van der Waals surface area contributed by atoms with E-state index in [1.54, 1.807) is 0 Å². The fourth-order valence-corrected chi connectivity index (χ4v) is 1.25. The van der Waals surface area contributed by atoms with E-state index in [9.17, 15) is 13.6 Å². The summed E-state index contributed by atoms with van der Waals surface area (Å²) in [5.74, 6) is 0.0295. The van der Waals surface area contributed by atoms with Crippen LogP contribution in [0.4, 0.5) is 8.78 Å². The number of carbonyl (C=O) groups is 1. The Morgan fingerprint density at radius 1 is 1.55 bits per heavy atom. The molecule has 1 unspecified atom stereocenters. The molecule has 1 fully saturated rings. The van der Waals surface area contributed by atoms with Gasteiger partial charge in [-0.3, -0.25) is 4.79 Å². The lowest BCUT2D eigenvalue weighted by molar-refractivity contribution is -0.171. The van der Waals surface area contributed by atoms with E-state index >= 15 is 0 Å². The molecule has 1 aliphatic rings. The van der Waals surface area contributed by atoms with Crippen LogP contribution in [0.5, 0.6) is 0 Å². The molecule has 4 heteroatoms. The van der Waals surface area contributed by atoms with Crippen molar-refractivity contribution in [2.75, 3.05) is 0 Å². The molecule has 1 aliphatic carbocycles. The summed E-state index contributed by atoms with van der Waals surface area (Å²) in [6, 6.07) is 0. The maximum absolute atomic E-state index is 11.6. The number of hydrogen-bond donors (Lipinski definition) is 0. The molecule has 0 amide bonds. The van der Waals surface area contributed by atoms with Crippen LogP contribution in [0, 0.1) is 0 Å². The second-order valence-electron chi connectivity index (χ2n) is 2.65. The average Bonchev–Trinajstić information content (AvgIpc) is 1.85. The molecule has 11 heavy (non-hydrogen) atoms. The standard InChI is InChI=1S/C7H10F2O2/c8-7(9)11-6-3-1-2-5(10)4-6/h6-7H,1-4H2. The predicted molar refractivity (Wildman–Crippen MR) is 34.4 cm³/mol. The smallest absolute Gasteiger partial charge is 0.319 e. The van der Waals surface area contributed by atoms with Crippen molar-refractivity contribution >= 4 is 5.78 Å². The monoisotopic (exact) mass is 164 g/mol. The van der Waals surface area contributed by atoms with Crippen molar-refractivity contribution in [1.82, 2.24) is 0 Å². The Morgan fingerprint density at radius 2 is 2.27 bits per heavy atom. The SMILES string of the molecule is O=C1CCCC(OC(F)F)C1. The van der Waals surface area contributed by atoms with Gasteiger partial charge in [-0.15, -0.1) is 0 Å². The number of carbonyl (C=O) groups excluding carboxylic acids is 1. The second kappa shape index (κ2) is 3.76. The summed E-state index contributed by atoms with van der Waals surface area (Å²) in [4.78, 5) is 10.7. The van der Waals surface area contributed by atoms with Gasteiger partial charge in [0.05, 0.1) is 6.10 Å². The van der Waals surface area contributed by atoms with Crippen LogP contribution < -0.4 is 0 Å². The number of ketones is 1. The zero-order valence-electron chi connectivity index (χ0n) is 6.06. The molecule has 0 saturated heterocycles. The highest BCUT2D eigenvalue weighted by Crippen LogP contribution is 2.19. The summed E-state index contributed by atoms with van der Waals surface area (Å²) in [6.07, 6.45) is 1.39. The third kappa shape index (κ3) is 2.93. The van der Waals surface area contributed by atoms with E-state index in [1.165, 1.54) is 0 Å². The first-order valence-corrected chi connectivity index (χ1v) is 3.64. The van der Waals surface area contributed by atoms with E-state index in [0.29, 0.717) is 19.3 Å². The molecule has 0 bridgehead atoms. The van der Waals surface area contributed by atoms with Crippen LogP contribution in [0.1, 0.15) is 25.7 Å². The van der Waals surface area contributed by atoms with Crippen molar-refractivity contribution in [3.8, 4) is 0 Å². The molecule has 2 nitrogen and oxygen atoms in total. The molecule has 0 aromatic heterocycles. The lowest BCUT2D eigenvalue weighted by Crippen LogP contribution is -2.24. The highest BCUT2D eigenvalue weighted by Gasteiger charge is 2.22. The molecule has 1 atom stereocenters. The maximum atomic E-state index is 11.6. The van der Waals surface area contributed by atoms with E-state index in [-0.39, 0.29) is 12.2 Å². The van der Waals surface area contributed by atoms with Gasteiger partial charge in [-0.2, -0.15) is 8.78 Å². The fourth-order valence-electron chi connectivity index (χ4n) is 1.25. The van der Waals surface area contributed by atoms with Gasteiger partial charge >= 0.3 is 6.61 Å². The van der Waals surface area contributed by atoms with Crippen LogP contribution >= 0.6 is 0 Å². The number of halogens is 2. The molecule has 0 N–H and O–H groups in total. The van der Waals surface area contributed by atoms with Gasteiger partial charge in [-0.25, -0.2) is 0 Å². The van der Waals surface area contributed by atoms with Gasteiger partial charge in [0.25, 0.3) is 0 Å². The van der Waals surface area contributed by atoms with Crippen LogP contribution in [0.3, 0.4) is 0 Å². The van der Waals surface area contributed by atoms with Gasteiger partial charge < -0.3 is 4.74 Å². The lowest BCUT2D eigenvalue weighted by Gasteiger charge is -2.20. The predicted octanol–water partition coefficient (Wildman–Crippen LogP) is 1.74. The van der Waals surface area contributed by atoms with Crippen LogP contribution in [-0.4, -0.2) is 18.5 Å². The third-order valence-corrected chi connectivity index (χ3v) is 1.73. The minimum atomic E-state index is -2.74.